The maximum atomic E-state index is 7.46. The summed E-state index contributed by atoms with van der Waals surface area (Å²) in [6, 6.07) is 0. The molecular weight excluding hydrogens is 272 g/mol. The number of halogens is 1. The molecule has 0 spiro atoms. The third-order valence-electron chi connectivity index (χ3n) is 0. The van der Waals surface area contributed by atoms with Gasteiger partial charge in [0.25, 0.3) is 0 Å². The average Bonchev–Trinajstić information content (AvgIpc) is 1.46. The van der Waals surface area contributed by atoms with Crippen molar-refractivity contribution in [1.82, 2.24) is 0 Å². The van der Waals surface area contributed by atoms with Crippen molar-refractivity contribution in [3.05, 3.63) is 6.92 Å². The van der Waals surface area contributed by atoms with Crippen molar-refractivity contribution in [3.63, 3.8) is 0 Å². The number of aliphatic hydroxyl groups is 1. The molecule has 0 saturated heterocycles. The number of hydrogen-bond acceptors (Lipinski definition) is 1. The molecule has 0 rings (SSSR count). The molecule has 0 atom stereocenters. The van der Waals surface area contributed by atoms with Crippen LogP contribution in [0.2, 0.25) is 0 Å². The van der Waals surface area contributed by atoms with E-state index in [-0.39, 0.29) is 6.61 Å². The molecule has 0 aromatic heterocycles. The summed E-state index contributed by atoms with van der Waals surface area (Å²) in [6.45, 7) is 3.04. The van der Waals surface area contributed by atoms with Crippen molar-refractivity contribution in [2.24, 2.45) is 0 Å². The van der Waals surface area contributed by atoms with E-state index in [4.69, 9.17) is 5.11 Å². The van der Waals surface area contributed by atoms with Crippen LogP contribution in [-0.2, 0) is 20.0 Å². The summed E-state index contributed by atoms with van der Waals surface area (Å²) < 4.78 is 0. The third kappa shape index (κ3) is 45.5. The van der Waals surface area contributed by atoms with Crippen LogP contribution in [0.5, 0.6) is 0 Å². The Labute approximate surface area is 48.1 Å². The summed E-state index contributed by atoms with van der Waals surface area (Å²) in [5, 5.41) is 7.46. The van der Waals surface area contributed by atoms with Crippen molar-refractivity contribution in [2.45, 2.75) is 0 Å². The topological polar surface area (TPSA) is 20.2 Å². The molecule has 0 heterocycles. The van der Waals surface area contributed by atoms with Crippen LogP contribution in [0.1, 0.15) is 0 Å². The van der Waals surface area contributed by atoms with Gasteiger partial charge < -0.3 is 12.0 Å². The standard InChI is InChI=1S/C2H5O.Au.ClH/c1-2-3;;/h3H,1-2H2;;1H/q-1;+1;/p-1. The molecule has 0 saturated carbocycles. The molecule has 0 aromatic rings. The van der Waals surface area contributed by atoms with Gasteiger partial charge in [-0.25, -0.2) is 0 Å². The van der Waals surface area contributed by atoms with E-state index in [2.05, 4.69) is 16.1 Å². The Morgan fingerprint density at radius 3 is 1.80 bits per heavy atom. The SMILES string of the molecule is [CH2-]CO.[Cl][Au]. The quantitative estimate of drug-likeness (QED) is 0.505. The van der Waals surface area contributed by atoms with E-state index in [0.717, 1.165) is 0 Å². The summed E-state index contributed by atoms with van der Waals surface area (Å²) in [7, 11) is 4.58. The van der Waals surface area contributed by atoms with E-state index < -0.39 is 0 Å². The zero-order valence-electron chi connectivity index (χ0n) is 2.54. The molecule has 0 aliphatic heterocycles. The van der Waals surface area contributed by atoms with Crippen LogP contribution in [0.4, 0.5) is 0 Å². The van der Waals surface area contributed by atoms with Gasteiger partial charge in [0.15, 0.2) is 0 Å². The number of hydrogen-bond donors (Lipinski definition) is 1. The molecule has 1 nitrogen and oxygen atoms in total. The number of rotatable bonds is 0. The molecular formula is C2H5AuClO-. The predicted octanol–water partition coefficient (Wildman–Crippen LogP) is 0.500. The van der Waals surface area contributed by atoms with E-state index in [0.29, 0.717) is 0 Å². The van der Waals surface area contributed by atoms with Crippen LogP contribution in [0.3, 0.4) is 0 Å². The van der Waals surface area contributed by atoms with E-state index >= 15 is 0 Å². The van der Waals surface area contributed by atoms with Crippen LogP contribution in [-0.4, -0.2) is 11.7 Å². The maximum absolute atomic E-state index is 7.46. The van der Waals surface area contributed by atoms with Gasteiger partial charge in [-0.05, 0) is 0 Å². The first kappa shape index (κ1) is 9.37. The monoisotopic (exact) mass is 277 g/mol. The molecule has 0 amide bonds. The Morgan fingerprint density at radius 1 is 1.80 bits per heavy atom. The van der Waals surface area contributed by atoms with Gasteiger partial charge in [0, 0.05) is 0 Å². The second kappa shape index (κ2) is 20.1. The molecule has 0 fully saturated rings. The van der Waals surface area contributed by atoms with Crippen LogP contribution in [0.15, 0.2) is 0 Å². The van der Waals surface area contributed by atoms with Crippen LogP contribution >= 0.6 is 9.19 Å². The van der Waals surface area contributed by atoms with E-state index in [1.165, 1.54) is 0 Å². The van der Waals surface area contributed by atoms with Crippen molar-refractivity contribution in [3.8, 4) is 0 Å². The Balaban J connectivity index is 0. The molecule has 0 radical (unpaired) electrons. The summed E-state index contributed by atoms with van der Waals surface area (Å²) in [4.78, 5) is 0. The Hall–Kier alpha value is 0.990. The van der Waals surface area contributed by atoms with Crippen LogP contribution < -0.4 is 0 Å². The van der Waals surface area contributed by atoms with E-state index in [1.807, 2.05) is 0 Å². The van der Waals surface area contributed by atoms with Crippen molar-refractivity contribution >= 4 is 9.19 Å². The summed E-state index contributed by atoms with van der Waals surface area (Å²) >= 11 is 1.75. The second-order valence-corrected chi connectivity index (χ2v) is 0.224. The van der Waals surface area contributed by atoms with Crippen molar-refractivity contribution in [2.75, 3.05) is 6.61 Å². The second-order valence-electron chi connectivity index (χ2n) is 0.224. The Bertz CT molecular complexity index is 9.61. The predicted molar refractivity (Wildman–Crippen MR) is 18.3 cm³/mol. The van der Waals surface area contributed by atoms with Gasteiger partial charge in [0.2, 0.25) is 0 Å². The fourth-order valence-electron chi connectivity index (χ4n) is 0. The molecule has 0 aliphatic rings. The molecule has 1 N–H and O–H groups in total. The summed E-state index contributed by atoms with van der Waals surface area (Å²) in [5.74, 6) is 0. The minimum atomic E-state index is 0. The van der Waals surface area contributed by atoms with Gasteiger partial charge >= 0.3 is 29.2 Å². The molecule has 0 bridgehead atoms. The first-order valence-corrected chi connectivity index (χ1v) is 3.61. The van der Waals surface area contributed by atoms with Crippen LogP contribution in [0, 0.1) is 6.92 Å². The van der Waals surface area contributed by atoms with E-state index in [1.54, 1.807) is 20.0 Å². The van der Waals surface area contributed by atoms with Crippen molar-refractivity contribution in [1.29, 1.82) is 0 Å². The zero-order chi connectivity index (χ0) is 4.71. The Kier molecular flexibility index (Phi) is 37.6. The summed E-state index contributed by atoms with van der Waals surface area (Å²) in [5.41, 5.74) is 0. The summed E-state index contributed by atoms with van der Waals surface area (Å²) in [6.07, 6.45) is 0. The van der Waals surface area contributed by atoms with Gasteiger partial charge in [-0.15, -0.1) is 0 Å². The molecule has 0 aliphatic carbocycles. The van der Waals surface area contributed by atoms with Gasteiger partial charge in [0.05, 0.1) is 0 Å². The van der Waals surface area contributed by atoms with E-state index in [9.17, 15) is 0 Å². The molecule has 0 aromatic carbocycles. The fourth-order valence-corrected chi connectivity index (χ4v) is 0. The zero-order valence-corrected chi connectivity index (χ0v) is 5.46. The fraction of sp³-hybridized carbons (Fsp3) is 0.500. The van der Waals surface area contributed by atoms with Gasteiger partial charge in [-0.2, -0.15) is 0 Å². The van der Waals surface area contributed by atoms with Gasteiger partial charge in [0.1, 0.15) is 0 Å². The first-order chi connectivity index (χ1) is 2.41. The van der Waals surface area contributed by atoms with Gasteiger partial charge in [-0.1, -0.05) is 6.61 Å². The normalized spacial score (nSPS) is 5.00. The molecule has 0 unspecified atom stereocenters. The average molecular weight is 277 g/mol. The molecule has 3 heteroatoms. The third-order valence-corrected chi connectivity index (χ3v) is 0. The van der Waals surface area contributed by atoms with Crippen LogP contribution in [0.25, 0.3) is 0 Å². The minimum absolute atomic E-state index is 0. The molecule has 5 heavy (non-hydrogen) atoms. The van der Waals surface area contributed by atoms with Crippen molar-refractivity contribution < 1.29 is 25.1 Å². The van der Waals surface area contributed by atoms with Gasteiger partial charge in [-0.3, -0.25) is 0 Å². The first-order valence-electron chi connectivity index (χ1n) is 0.930. The number of aliphatic hydroxyl groups excluding tert-OH is 1. The molecule has 38 valence electrons. The Morgan fingerprint density at radius 2 is 1.80 bits per heavy atom.